The number of amides is 2. The fraction of sp³-hybridized carbons (Fsp3) is 0.316. The maximum Gasteiger partial charge on any atom is 0.238 e. The molecule has 0 radical (unpaired) electrons. The molecule has 5 rings (SSSR count). The number of fused-ring (bicyclic) bond motifs is 6. The number of hydrogen-bond donors (Lipinski definition) is 0. The van der Waals surface area contributed by atoms with Crippen molar-refractivity contribution >= 4 is 28.4 Å². The van der Waals surface area contributed by atoms with Crippen LogP contribution in [0.5, 0.6) is 0 Å². The third kappa shape index (κ3) is 1.58. The Kier molecular flexibility index (Phi) is 2.42. The Bertz CT molecular complexity index is 871. The van der Waals surface area contributed by atoms with Crippen molar-refractivity contribution in [1.82, 2.24) is 4.98 Å². The van der Waals surface area contributed by atoms with Gasteiger partial charge in [-0.15, -0.1) is 0 Å². The quantitative estimate of drug-likeness (QED) is 0.601. The van der Waals surface area contributed by atoms with Crippen molar-refractivity contribution in [2.24, 2.45) is 23.7 Å². The molecule has 1 saturated heterocycles. The van der Waals surface area contributed by atoms with Gasteiger partial charge in [0.15, 0.2) is 0 Å². The van der Waals surface area contributed by atoms with Gasteiger partial charge in [-0.25, -0.2) is 4.90 Å². The molecule has 2 aliphatic carbocycles. The Morgan fingerprint density at radius 1 is 1.00 bits per heavy atom. The number of allylic oxidation sites excluding steroid dienone is 2. The Labute approximate surface area is 133 Å². The van der Waals surface area contributed by atoms with Gasteiger partial charge in [0, 0.05) is 11.1 Å². The summed E-state index contributed by atoms with van der Waals surface area (Å²) in [6.45, 7) is 1.92. The second-order valence-electron chi connectivity index (χ2n) is 6.81. The maximum atomic E-state index is 13.0. The molecule has 2 aromatic rings. The molecule has 4 atom stereocenters. The van der Waals surface area contributed by atoms with Crippen molar-refractivity contribution in [3.63, 3.8) is 0 Å². The van der Waals surface area contributed by atoms with E-state index in [1.807, 2.05) is 37.3 Å². The standard InChI is InChI=1S/C19H16N2O2/c1-10-5-6-11-3-2-4-14(17(11)20-10)21-18(22)15-12-7-8-13(9-12)16(15)19(21)23/h2-8,12-13,15-16H,9H2,1H3. The number of carbonyl (C=O) groups is 2. The lowest BCUT2D eigenvalue weighted by Crippen LogP contribution is -2.33. The van der Waals surface area contributed by atoms with Crippen LogP contribution in [0.3, 0.4) is 0 Å². The van der Waals surface area contributed by atoms with Gasteiger partial charge in [-0.2, -0.15) is 0 Å². The number of carbonyl (C=O) groups excluding carboxylic acids is 2. The number of pyridine rings is 1. The first-order chi connectivity index (χ1) is 11.1. The van der Waals surface area contributed by atoms with E-state index in [1.165, 1.54) is 4.90 Å². The van der Waals surface area contributed by atoms with Gasteiger partial charge < -0.3 is 0 Å². The Balaban J connectivity index is 1.68. The summed E-state index contributed by atoms with van der Waals surface area (Å²) in [5, 5.41) is 0.951. The Hall–Kier alpha value is -2.49. The predicted molar refractivity (Wildman–Crippen MR) is 86.7 cm³/mol. The molecule has 4 unspecified atom stereocenters. The largest absolute Gasteiger partial charge is 0.274 e. The highest BCUT2D eigenvalue weighted by molar-refractivity contribution is 6.25. The molecule has 2 fully saturated rings. The first kappa shape index (κ1) is 13.0. The van der Waals surface area contributed by atoms with Crippen molar-refractivity contribution in [2.75, 3.05) is 4.90 Å². The normalized spacial score (nSPS) is 31.4. The summed E-state index contributed by atoms with van der Waals surface area (Å²) >= 11 is 0. The molecule has 114 valence electrons. The number of para-hydroxylation sites is 1. The summed E-state index contributed by atoms with van der Waals surface area (Å²) in [6, 6.07) is 9.61. The first-order valence-corrected chi connectivity index (χ1v) is 8.07. The average molecular weight is 304 g/mol. The fourth-order valence-electron chi connectivity index (χ4n) is 4.55. The van der Waals surface area contributed by atoms with Gasteiger partial charge in [-0.3, -0.25) is 14.6 Å². The Morgan fingerprint density at radius 2 is 1.70 bits per heavy atom. The first-order valence-electron chi connectivity index (χ1n) is 8.07. The van der Waals surface area contributed by atoms with Gasteiger partial charge in [0.05, 0.1) is 23.0 Å². The van der Waals surface area contributed by atoms with E-state index in [4.69, 9.17) is 0 Å². The van der Waals surface area contributed by atoms with Crippen LogP contribution in [0.1, 0.15) is 12.1 Å². The number of aromatic nitrogens is 1. The lowest BCUT2D eigenvalue weighted by Gasteiger charge is -2.18. The summed E-state index contributed by atoms with van der Waals surface area (Å²) in [5.74, 6) is 0.0303. The van der Waals surface area contributed by atoms with E-state index in [9.17, 15) is 9.59 Å². The minimum atomic E-state index is -0.169. The average Bonchev–Trinajstić information content (AvgIpc) is 3.21. The number of benzene rings is 1. The van der Waals surface area contributed by atoms with Gasteiger partial charge in [-0.05, 0) is 37.3 Å². The highest BCUT2D eigenvalue weighted by Crippen LogP contribution is 2.53. The van der Waals surface area contributed by atoms with Crippen LogP contribution in [-0.2, 0) is 9.59 Å². The highest BCUT2D eigenvalue weighted by Gasteiger charge is 2.59. The number of rotatable bonds is 1. The van der Waals surface area contributed by atoms with Gasteiger partial charge in [0.25, 0.3) is 0 Å². The van der Waals surface area contributed by atoms with Crippen molar-refractivity contribution in [1.29, 1.82) is 0 Å². The third-order valence-corrected chi connectivity index (χ3v) is 5.55. The van der Waals surface area contributed by atoms with Crippen molar-refractivity contribution in [3.8, 4) is 0 Å². The zero-order valence-electron chi connectivity index (χ0n) is 12.8. The zero-order valence-corrected chi connectivity index (χ0v) is 12.8. The van der Waals surface area contributed by atoms with Crippen LogP contribution >= 0.6 is 0 Å². The highest BCUT2D eigenvalue weighted by atomic mass is 16.2. The molecule has 4 heteroatoms. The monoisotopic (exact) mass is 304 g/mol. The summed E-state index contributed by atoms with van der Waals surface area (Å²) in [4.78, 5) is 31.9. The minimum absolute atomic E-state index is 0.0485. The topological polar surface area (TPSA) is 50.3 Å². The fourth-order valence-corrected chi connectivity index (χ4v) is 4.55. The van der Waals surface area contributed by atoms with E-state index < -0.39 is 0 Å². The molecule has 1 aliphatic heterocycles. The van der Waals surface area contributed by atoms with Gasteiger partial charge in [0.2, 0.25) is 11.8 Å². The van der Waals surface area contributed by atoms with Crippen LogP contribution in [0, 0.1) is 30.6 Å². The van der Waals surface area contributed by atoms with Crippen LogP contribution in [0.2, 0.25) is 0 Å². The summed E-state index contributed by atoms with van der Waals surface area (Å²) in [6.07, 6.45) is 5.19. The lowest BCUT2D eigenvalue weighted by molar-refractivity contribution is -0.123. The van der Waals surface area contributed by atoms with E-state index in [0.29, 0.717) is 5.69 Å². The zero-order chi connectivity index (χ0) is 15.7. The maximum absolute atomic E-state index is 13.0. The molecule has 1 aromatic carbocycles. The second kappa shape index (κ2) is 4.28. The molecule has 0 spiro atoms. The molecule has 4 nitrogen and oxygen atoms in total. The summed E-state index contributed by atoms with van der Waals surface area (Å²) in [7, 11) is 0. The van der Waals surface area contributed by atoms with Gasteiger partial charge in [-0.1, -0.05) is 30.4 Å². The smallest absolute Gasteiger partial charge is 0.238 e. The third-order valence-electron chi connectivity index (χ3n) is 5.55. The number of nitrogens with zero attached hydrogens (tertiary/aromatic N) is 2. The van der Waals surface area contributed by atoms with E-state index in [0.717, 1.165) is 23.0 Å². The molecular formula is C19H16N2O2. The molecule has 2 heterocycles. The summed E-state index contributed by atoms with van der Waals surface area (Å²) < 4.78 is 0. The van der Waals surface area contributed by atoms with Crippen molar-refractivity contribution < 1.29 is 9.59 Å². The van der Waals surface area contributed by atoms with Crippen LogP contribution in [0.4, 0.5) is 5.69 Å². The minimum Gasteiger partial charge on any atom is -0.274 e. The molecule has 1 aromatic heterocycles. The van der Waals surface area contributed by atoms with Gasteiger partial charge >= 0.3 is 0 Å². The molecule has 0 N–H and O–H groups in total. The van der Waals surface area contributed by atoms with Gasteiger partial charge in [0.1, 0.15) is 0 Å². The van der Waals surface area contributed by atoms with Crippen LogP contribution in [-0.4, -0.2) is 16.8 Å². The molecule has 2 bridgehead atoms. The number of imide groups is 1. The Morgan fingerprint density at radius 3 is 2.39 bits per heavy atom. The number of aryl methyl sites for hydroxylation is 1. The van der Waals surface area contributed by atoms with Crippen LogP contribution in [0.25, 0.3) is 10.9 Å². The SMILES string of the molecule is Cc1ccc2cccc(N3C(=O)C4C5C=CC(C5)C4C3=O)c2n1. The van der Waals surface area contributed by atoms with Crippen molar-refractivity contribution in [2.45, 2.75) is 13.3 Å². The van der Waals surface area contributed by atoms with E-state index in [1.54, 1.807) is 0 Å². The number of anilines is 1. The molecule has 2 amide bonds. The lowest BCUT2D eigenvalue weighted by atomic mass is 9.85. The van der Waals surface area contributed by atoms with Crippen molar-refractivity contribution in [3.05, 3.63) is 48.2 Å². The second-order valence-corrected chi connectivity index (χ2v) is 6.81. The molecule has 23 heavy (non-hydrogen) atoms. The molecule has 3 aliphatic rings. The van der Waals surface area contributed by atoms with E-state index in [2.05, 4.69) is 17.1 Å². The summed E-state index contributed by atoms with van der Waals surface area (Å²) in [5.41, 5.74) is 2.25. The molecular weight excluding hydrogens is 288 g/mol. The predicted octanol–water partition coefficient (Wildman–Crippen LogP) is 2.85. The number of hydrogen-bond acceptors (Lipinski definition) is 3. The van der Waals surface area contributed by atoms with E-state index >= 15 is 0 Å². The van der Waals surface area contributed by atoms with E-state index in [-0.39, 0.29) is 35.5 Å². The molecule has 1 saturated carbocycles. The van der Waals surface area contributed by atoms with Crippen LogP contribution in [0.15, 0.2) is 42.5 Å². The van der Waals surface area contributed by atoms with Crippen LogP contribution < -0.4 is 4.90 Å².